The van der Waals surface area contributed by atoms with Gasteiger partial charge in [-0.15, -0.1) is 24.0 Å². The van der Waals surface area contributed by atoms with E-state index in [9.17, 15) is 0 Å². The van der Waals surface area contributed by atoms with Crippen LogP contribution in [-0.4, -0.2) is 56.2 Å². The molecule has 5 nitrogen and oxygen atoms in total. The van der Waals surface area contributed by atoms with Gasteiger partial charge in [0.25, 0.3) is 0 Å². The SMILES string of the molecule is CCCN1CCC(NC(=NCCOc2ccccc2)NCC)CC1.I. The van der Waals surface area contributed by atoms with Crippen molar-refractivity contribution in [2.75, 3.05) is 39.3 Å². The number of aliphatic imine (C=N–C) groups is 1. The van der Waals surface area contributed by atoms with Crippen LogP contribution in [0.15, 0.2) is 35.3 Å². The highest BCUT2D eigenvalue weighted by Crippen LogP contribution is 2.10. The molecule has 0 unspecified atom stereocenters. The van der Waals surface area contributed by atoms with Crippen molar-refractivity contribution in [2.45, 2.75) is 39.2 Å². The minimum Gasteiger partial charge on any atom is -0.492 e. The number of hydrogen-bond donors (Lipinski definition) is 2. The highest BCUT2D eigenvalue weighted by Gasteiger charge is 2.19. The molecule has 6 heteroatoms. The van der Waals surface area contributed by atoms with Crippen molar-refractivity contribution < 1.29 is 4.74 Å². The molecule has 0 bridgehead atoms. The number of guanidine groups is 1. The van der Waals surface area contributed by atoms with Gasteiger partial charge in [0.1, 0.15) is 12.4 Å². The smallest absolute Gasteiger partial charge is 0.191 e. The molecule has 1 saturated heterocycles. The van der Waals surface area contributed by atoms with E-state index in [1.807, 2.05) is 30.3 Å². The average molecular weight is 460 g/mol. The zero-order valence-corrected chi connectivity index (χ0v) is 17.9. The number of rotatable bonds is 8. The van der Waals surface area contributed by atoms with Gasteiger partial charge in [0.05, 0.1) is 6.54 Å². The summed E-state index contributed by atoms with van der Waals surface area (Å²) in [5.41, 5.74) is 0. The van der Waals surface area contributed by atoms with Gasteiger partial charge in [0.2, 0.25) is 0 Å². The van der Waals surface area contributed by atoms with E-state index in [1.54, 1.807) is 0 Å². The van der Waals surface area contributed by atoms with E-state index < -0.39 is 0 Å². The molecule has 0 amide bonds. The molecule has 2 N–H and O–H groups in total. The van der Waals surface area contributed by atoms with E-state index in [-0.39, 0.29) is 24.0 Å². The van der Waals surface area contributed by atoms with Gasteiger partial charge in [-0.1, -0.05) is 25.1 Å². The van der Waals surface area contributed by atoms with Crippen LogP contribution in [0.4, 0.5) is 0 Å². The molecule has 25 heavy (non-hydrogen) atoms. The Morgan fingerprint density at radius 1 is 1.20 bits per heavy atom. The van der Waals surface area contributed by atoms with Crippen molar-refractivity contribution in [3.05, 3.63) is 30.3 Å². The molecule has 1 aromatic carbocycles. The Bertz CT molecular complexity index is 476. The lowest BCUT2D eigenvalue weighted by molar-refractivity contribution is 0.206. The Labute approximate surface area is 169 Å². The largest absolute Gasteiger partial charge is 0.492 e. The van der Waals surface area contributed by atoms with E-state index in [1.165, 1.54) is 38.9 Å². The van der Waals surface area contributed by atoms with Crippen LogP contribution >= 0.6 is 24.0 Å². The van der Waals surface area contributed by atoms with Gasteiger partial charge in [0.15, 0.2) is 5.96 Å². The number of hydrogen-bond acceptors (Lipinski definition) is 3. The van der Waals surface area contributed by atoms with Gasteiger partial charge >= 0.3 is 0 Å². The molecule has 0 radical (unpaired) electrons. The molecular formula is C19H33IN4O. The first-order valence-electron chi connectivity index (χ1n) is 9.26. The summed E-state index contributed by atoms with van der Waals surface area (Å²) in [4.78, 5) is 7.19. The lowest BCUT2D eigenvalue weighted by atomic mass is 10.1. The van der Waals surface area contributed by atoms with Crippen LogP contribution in [0.2, 0.25) is 0 Å². The fourth-order valence-electron chi connectivity index (χ4n) is 2.97. The minimum atomic E-state index is 0. The summed E-state index contributed by atoms with van der Waals surface area (Å²) in [5.74, 6) is 1.80. The fraction of sp³-hybridized carbons (Fsp3) is 0.632. The summed E-state index contributed by atoms with van der Waals surface area (Å²) >= 11 is 0. The summed E-state index contributed by atoms with van der Waals surface area (Å²) < 4.78 is 5.70. The zero-order valence-electron chi connectivity index (χ0n) is 15.5. The van der Waals surface area contributed by atoms with Crippen molar-refractivity contribution in [2.24, 2.45) is 4.99 Å². The molecule has 1 fully saturated rings. The highest BCUT2D eigenvalue weighted by molar-refractivity contribution is 14.0. The maximum absolute atomic E-state index is 5.70. The first-order valence-corrected chi connectivity index (χ1v) is 9.26. The number of para-hydroxylation sites is 1. The van der Waals surface area contributed by atoms with Gasteiger partial charge < -0.3 is 20.3 Å². The highest BCUT2D eigenvalue weighted by atomic mass is 127. The number of ether oxygens (including phenoxy) is 1. The van der Waals surface area contributed by atoms with Crippen LogP contribution < -0.4 is 15.4 Å². The second kappa shape index (κ2) is 13.2. The summed E-state index contributed by atoms with van der Waals surface area (Å²) in [6.07, 6.45) is 3.61. The molecule has 0 aliphatic carbocycles. The third-order valence-electron chi connectivity index (χ3n) is 4.19. The molecule has 1 heterocycles. The Morgan fingerprint density at radius 2 is 1.92 bits per heavy atom. The molecule has 0 saturated carbocycles. The van der Waals surface area contributed by atoms with Crippen LogP contribution in [0.25, 0.3) is 0 Å². The Balaban J connectivity index is 0.00000312. The van der Waals surface area contributed by atoms with Crippen molar-refractivity contribution in [1.82, 2.24) is 15.5 Å². The van der Waals surface area contributed by atoms with Crippen molar-refractivity contribution >= 4 is 29.9 Å². The quantitative estimate of drug-likeness (QED) is 0.271. The molecular weight excluding hydrogens is 427 g/mol. The van der Waals surface area contributed by atoms with Crippen molar-refractivity contribution in [3.63, 3.8) is 0 Å². The van der Waals surface area contributed by atoms with E-state index in [4.69, 9.17) is 4.74 Å². The Hall–Kier alpha value is -1.02. The van der Waals surface area contributed by atoms with Crippen molar-refractivity contribution in [3.8, 4) is 5.75 Å². The first kappa shape index (κ1) is 22.0. The number of piperidine rings is 1. The fourth-order valence-corrected chi connectivity index (χ4v) is 2.97. The topological polar surface area (TPSA) is 48.9 Å². The molecule has 0 atom stereocenters. The first-order chi connectivity index (χ1) is 11.8. The molecule has 142 valence electrons. The van der Waals surface area contributed by atoms with E-state index in [0.717, 1.165) is 18.3 Å². The summed E-state index contributed by atoms with van der Waals surface area (Å²) in [6.45, 7) is 10.1. The molecule has 1 aromatic rings. The van der Waals surface area contributed by atoms with Gasteiger partial charge in [-0.3, -0.25) is 0 Å². The molecule has 0 spiro atoms. The monoisotopic (exact) mass is 460 g/mol. The third kappa shape index (κ3) is 8.76. The predicted molar refractivity (Wildman–Crippen MR) is 116 cm³/mol. The third-order valence-corrected chi connectivity index (χ3v) is 4.19. The van der Waals surface area contributed by atoms with Gasteiger partial charge in [-0.05, 0) is 44.9 Å². The summed E-state index contributed by atoms with van der Waals surface area (Å²) in [7, 11) is 0. The molecule has 2 rings (SSSR count). The van der Waals surface area contributed by atoms with Crippen LogP contribution in [0, 0.1) is 0 Å². The Kier molecular flexibility index (Phi) is 11.6. The summed E-state index contributed by atoms with van der Waals surface area (Å²) in [6, 6.07) is 10.4. The lowest BCUT2D eigenvalue weighted by Crippen LogP contribution is -2.48. The van der Waals surface area contributed by atoms with E-state index in [0.29, 0.717) is 19.2 Å². The minimum absolute atomic E-state index is 0. The Morgan fingerprint density at radius 3 is 2.56 bits per heavy atom. The number of halogens is 1. The van der Waals surface area contributed by atoms with Crippen LogP contribution in [0.5, 0.6) is 5.75 Å². The maximum Gasteiger partial charge on any atom is 0.191 e. The van der Waals surface area contributed by atoms with Crippen LogP contribution in [-0.2, 0) is 0 Å². The van der Waals surface area contributed by atoms with Gasteiger partial charge in [0, 0.05) is 25.7 Å². The number of likely N-dealkylation sites (tertiary alicyclic amines) is 1. The van der Waals surface area contributed by atoms with Crippen LogP contribution in [0.1, 0.15) is 33.1 Å². The van der Waals surface area contributed by atoms with Gasteiger partial charge in [-0.2, -0.15) is 0 Å². The molecule has 1 aliphatic heterocycles. The molecule has 0 aromatic heterocycles. The average Bonchev–Trinajstić information content (AvgIpc) is 2.61. The zero-order chi connectivity index (χ0) is 17.0. The van der Waals surface area contributed by atoms with Crippen molar-refractivity contribution in [1.29, 1.82) is 0 Å². The summed E-state index contributed by atoms with van der Waals surface area (Å²) in [5, 5.41) is 6.91. The lowest BCUT2D eigenvalue weighted by Gasteiger charge is -2.32. The number of nitrogens with zero attached hydrogens (tertiary/aromatic N) is 2. The number of nitrogens with one attached hydrogen (secondary N) is 2. The second-order valence-electron chi connectivity index (χ2n) is 6.18. The predicted octanol–water partition coefficient (Wildman–Crippen LogP) is 3.11. The standard InChI is InChI=1S/C19H32N4O.HI/c1-3-13-23-14-10-17(11-15-23)22-19(20-4-2)21-12-16-24-18-8-6-5-7-9-18;/h5-9,17H,3-4,10-16H2,1-2H3,(H2,20,21,22);1H. The van der Waals surface area contributed by atoms with Crippen LogP contribution in [0.3, 0.4) is 0 Å². The second-order valence-corrected chi connectivity index (χ2v) is 6.18. The normalized spacial score (nSPS) is 16.2. The van der Waals surface area contributed by atoms with Gasteiger partial charge in [-0.25, -0.2) is 4.99 Å². The van der Waals surface area contributed by atoms with E-state index in [2.05, 4.69) is 34.4 Å². The molecule has 1 aliphatic rings. The van der Waals surface area contributed by atoms with E-state index >= 15 is 0 Å². The maximum atomic E-state index is 5.70. The number of benzene rings is 1.